The van der Waals surface area contributed by atoms with Crippen molar-refractivity contribution in [2.75, 3.05) is 12.3 Å². The lowest BCUT2D eigenvalue weighted by Gasteiger charge is -2.07. The van der Waals surface area contributed by atoms with E-state index >= 15 is 0 Å². The van der Waals surface area contributed by atoms with Crippen LogP contribution >= 0.6 is 0 Å². The van der Waals surface area contributed by atoms with Crippen molar-refractivity contribution in [3.8, 4) is 0 Å². The first-order chi connectivity index (χ1) is 7.31. The fourth-order valence-electron chi connectivity index (χ4n) is 1.15. The summed E-state index contributed by atoms with van der Waals surface area (Å²) in [4.78, 5) is 11.2. The Balaban J connectivity index is 3.42. The fourth-order valence-corrected chi connectivity index (χ4v) is 1.72. The van der Waals surface area contributed by atoms with Gasteiger partial charge in [-0.25, -0.2) is 0 Å². The van der Waals surface area contributed by atoms with Gasteiger partial charge in [-0.15, -0.1) is 0 Å². The van der Waals surface area contributed by atoms with Crippen LogP contribution in [-0.4, -0.2) is 31.2 Å². The average molecular weight is 251 g/mol. The van der Waals surface area contributed by atoms with Crippen LogP contribution in [0.3, 0.4) is 0 Å². The molecule has 0 aliphatic carbocycles. The highest BCUT2D eigenvalue weighted by molar-refractivity contribution is 7.85. The van der Waals surface area contributed by atoms with E-state index in [9.17, 15) is 13.2 Å². The number of hydrogen-bond acceptors (Lipinski definition) is 3. The van der Waals surface area contributed by atoms with Crippen molar-refractivity contribution >= 4 is 16.0 Å². The first kappa shape index (κ1) is 15.4. The van der Waals surface area contributed by atoms with Gasteiger partial charge in [-0.2, -0.15) is 8.42 Å². The lowest BCUT2D eigenvalue weighted by molar-refractivity contribution is -0.121. The Hall–Kier alpha value is -0.620. The van der Waals surface area contributed by atoms with E-state index in [1.54, 1.807) is 0 Å². The summed E-state index contributed by atoms with van der Waals surface area (Å²) in [6.45, 7) is 4.71. The zero-order valence-corrected chi connectivity index (χ0v) is 10.7. The van der Waals surface area contributed by atoms with Gasteiger partial charge >= 0.3 is 0 Å². The topological polar surface area (TPSA) is 83.5 Å². The van der Waals surface area contributed by atoms with Crippen LogP contribution in [0.1, 0.15) is 39.5 Å². The molecule has 96 valence electrons. The summed E-state index contributed by atoms with van der Waals surface area (Å²) in [6, 6.07) is 0. The largest absolute Gasteiger partial charge is 0.356 e. The monoisotopic (exact) mass is 251 g/mol. The number of nitrogens with one attached hydrogen (secondary N) is 1. The van der Waals surface area contributed by atoms with Crippen molar-refractivity contribution in [3.63, 3.8) is 0 Å². The molecule has 0 fully saturated rings. The maximum absolute atomic E-state index is 11.2. The maximum atomic E-state index is 11.2. The van der Waals surface area contributed by atoms with Gasteiger partial charge in [0.25, 0.3) is 10.1 Å². The van der Waals surface area contributed by atoms with Gasteiger partial charge in [-0.1, -0.05) is 20.3 Å². The molecule has 6 heteroatoms. The van der Waals surface area contributed by atoms with Crippen LogP contribution in [0.15, 0.2) is 0 Å². The van der Waals surface area contributed by atoms with Gasteiger partial charge in [0.2, 0.25) is 5.91 Å². The quantitative estimate of drug-likeness (QED) is 0.501. The molecule has 2 N–H and O–H groups in total. The zero-order valence-electron chi connectivity index (χ0n) is 9.90. The molecule has 0 aromatic rings. The van der Waals surface area contributed by atoms with Gasteiger partial charge in [-0.3, -0.25) is 9.35 Å². The number of rotatable bonds is 8. The smallest absolute Gasteiger partial charge is 0.264 e. The second-order valence-corrected chi connectivity index (χ2v) is 5.87. The van der Waals surface area contributed by atoms with E-state index < -0.39 is 10.1 Å². The van der Waals surface area contributed by atoms with Gasteiger partial charge in [0, 0.05) is 13.0 Å². The minimum absolute atomic E-state index is 0.000514. The van der Waals surface area contributed by atoms with Crippen molar-refractivity contribution in [2.24, 2.45) is 5.92 Å². The van der Waals surface area contributed by atoms with E-state index in [-0.39, 0.29) is 11.7 Å². The molecule has 0 aliphatic rings. The second kappa shape index (κ2) is 7.62. The van der Waals surface area contributed by atoms with Crippen molar-refractivity contribution in [2.45, 2.75) is 39.5 Å². The van der Waals surface area contributed by atoms with Crippen molar-refractivity contribution in [3.05, 3.63) is 0 Å². The number of amides is 1. The van der Waals surface area contributed by atoms with Crippen LogP contribution in [0.5, 0.6) is 0 Å². The summed E-state index contributed by atoms with van der Waals surface area (Å²) in [6.07, 6.45) is 2.10. The molecule has 5 nitrogen and oxygen atoms in total. The highest BCUT2D eigenvalue weighted by Crippen LogP contribution is 2.02. The molecule has 0 unspecified atom stereocenters. The molecule has 0 radical (unpaired) electrons. The Bertz CT molecular complexity index is 298. The molecule has 0 atom stereocenters. The Morgan fingerprint density at radius 2 is 1.88 bits per heavy atom. The molecule has 0 aromatic carbocycles. The molecule has 0 aromatic heterocycles. The molecule has 0 spiro atoms. The Labute approximate surface area is 97.4 Å². The number of carbonyl (C=O) groups is 1. The minimum atomic E-state index is -3.85. The van der Waals surface area contributed by atoms with Crippen molar-refractivity contribution < 1.29 is 17.8 Å². The highest BCUT2D eigenvalue weighted by Gasteiger charge is 2.05. The van der Waals surface area contributed by atoms with E-state index in [2.05, 4.69) is 5.32 Å². The van der Waals surface area contributed by atoms with Crippen LogP contribution in [0.25, 0.3) is 0 Å². The van der Waals surface area contributed by atoms with Crippen LogP contribution in [-0.2, 0) is 14.9 Å². The number of carbonyl (C=O) groups excluding carboxylic acids is 1. The first-order valence-electron chi connectivity index (χ1n) is 5.53. The van der Waals surface area contributed by atoms with Gasteiger partial charge in [0.05, 0.1) is 5.75 Å². The van der Waals surface area contributed by atoms with Gasteiger partial charge in [-0.05, 0) is 18.8 Å². The summed E-state index contributed by atoms with van der Waals surface area (Å²) >= 11 is 0. The molecule has 0 saturated heterocycles. The molecular weight excluding hydrogens is 230 g/mol. The second-order valence-electron chi connectivity index (χ2n) is 4.29. The molecule has 0 bridgehead atoms. The van der Waals surface area contributed by atoms with Gasteiger partial charge in [0.15, 0.2) is 0 Å². The predicted molar refractivity (Wildman–Crippen MR) is 62.7 cm³/mol. The average Bonchev–Trinajstić information content (AvgIpc) is 2.12. The van der Waals surface area contributed by atoms with E-state index in [4.69, 9.17) is 4.55 Å². The Kier molecular flexibility index (Phi) is 7.33. The molecular formula is C10H21NO4S. The summed E-state index contributed by atoms with van der Waals surface area (Å²) in [7, 11) is -3.85. The van der Waals surface area contributed by atoms with E-state index in [1.807, 2.05) is 13.8 Å². The van der Waals surface area contributed by atoms with Gasteiger partial charge < -0.3 is 5.32 Å². The predicted octanol–water partition coefficient (Wildman–Crippen LogP) is 1.21. The van der Waals surface area contributed by atoms with Gasteiger partial charge in [0.1, 0.15) is 0 Å². The van der Waals surface area contributed by atoms with E-state index in [0.29, 0.717) is 38.1 Å². The highest BCUT2D eigenvalue weighted by atomic mass is 32.2. The van der Waals surface area contributed by atoms with Crippen LogP contribution in [0.2, 0.25) is 0 Å². The first-order valence-corrected chi connectivity index (χ1v) is 7.14. The third-order valence-corrected chi connectivity index (χ3v) is 2.82. The Morgan fingerprint density at radius 3 is 2.38 bits per heavy atom. The molecule has 16 heavy (non-hydrogen) atoms. The van der Waals surface area contributed by atoms with Crippen LogP contribution < -0.4 is 5.32 Å². The fraction of sp³-hybridized carbons (Fsp3) is 0.900. The number of hydrogen-bond donors (Lipinski definition) is 2. The summed E-state index contributed by atoms with van der Waals surface area (Å²) in [5.74, 6) is 0.213. The third kappa shape index (κ3) is 11.5. The molecule has 1 amide bonds. The summed E-state index contributed by atoms with van der Waals surface area (Å²) in [5.41, 5.74) is 0. The van der Waals surface area contributed by atoms with Crippen LogP contribution in [0, 0.1) is 5.92 Å². The molecule has 0 rings (SSSR count). The third-order valence-electron chi connectivity index (χ3n) is 2.01. The summed E-state index contributed by atoms with van der Waals surface area (Å²) in [5, 5.41) is 2.78. The van der Waals surface area contributed by atoms with Crippen LogP contribution in [0.4, 0.5) is 0 Å². The van der Waals surface area contributed by atoms with Crippen molar-refractivity contribution in [1.82, 2.24) is 5.32 Å². The maximum Gasteiger partial charge on any atom is 0.264 e. The minimum Gasteiger partial charge on any atom is -0.356 e. The Morgan fingerprint density at radius 1 is 1.25 bits per heavy atom. The molecule has 0 heterocycles. The zero-order chi connectivity index (χ0) is 12.6. The number of unbranched alkanes of at least 4 members (excludes halogenated alkanes) is 2. The van der Waals surface area contributed by atoms with Crippen molar-refractivity contribution in [1.29, 1.82) is 0 Å². The molecule has 0 aliphatic heterocycles. The lowest BCUT2D eigenvalue weighted by Crippen LogP contribution is -2.26. The normalized spacial score (nSPS) is 11.8. The van der Waals surface area contributed by atoms with E-state index in [1.165, 1.54) is 0 Å². The summed E-state index contributed by atoms with van der Waals surface area (Å²) < 4.78 is 29.2. The van der Waals surface area contributed by atoms with E-state index in [0.717, 1.165) is 0 Å². The molecule has 0 saturated carbocycles. The SMILES string of the molecule is CC(C)CNC(=O)CCCCCS(=O)(=O)O. The lowest BCUT2D eigenvalue weighted by atomic mass is 10.2. The standard InChI is InChI=1S/C10H21NO4S/c1-9(2)8-11-10(12)6-4-3-5-7-16(13,14)15/h9H,3-8H2,1-2H3,(H,11,12)(H,13,14,15).